The maximum Gasteiger partial charge on any atom is 0.119 e. The lowest BCUT2D eigenvalue weighted by molar-refractivity contribution is 1.12. The van der Waals surface area contributed by atoms with Crippen LogP contribution in [0.4, 0.5) is 0 Å². The Kier molecular flexibility index (Phi) is 4.14. The van der Waals surface area contributed by atoms with Crippen LogP contribution in [0.15, 0.2) is 28.8 Å². The Bertz CT molecular complexity index is 296. The average Bonchev–Trinajstić information content (AvgIpc) is 2.66. The summed E-state index contributed by atoms with van der Waals surface area (Å²) in [7, 11) is -1.30. The maximum atomic E-state index is 2.46. The van der Waals surface area contributed by atoms with Crippen molar-refractivity contribution in [1.29, 1.82) is 0 Å². The summed E-state index contributed by atoms with van der Waals surface area (Å²) >= 11 is 1.92. The first-order valence-corrected chi connectivity index (χ1v) is 9.24. The third-order valence-electron chi connectivity index (χ3n) is 2.77. The molecule has 2 heteroatoms. The van der Waals surface area contributed by atoms with Crippen LogP contribution in [0, 0.1) is 0 Å². The summed E-state index contributed by atoms with van der Waals surface area (Å²) < 4.78 is 1.61. The minimum absolute atomic E-state index is 1.17. The van der Waals surface area contributed by atoms with Gasteiger partial charge >= 0.3 is 0 Å². The van der Waals surface area contributed by atoms with Gasteiger partial charge in [0.25, 0.3) is 0 Å². The number of allylic oxidation sites excluding steroid dienone is 2. The Labute approximate surface area is 92.7 Å². The summed E-state index contributed by atoms with van der Waals surface area (Å²) in [6.45, 7) is 9.44. The normalized spacial score (nSPS) is 13.3. The summed E-state index contributed by atoms with van der Waals surface area (Å²) in [6.07, 6.45) is 4.82. The third-order valence-corrected chi connectivity index (χ3v) is 8.90. The SMILES string of the molecule is CC/C=C(\CC)[Si](C)(C)c1cccs1. The largest absolute Gasteiger partial charge is 0.153 e. The van der Waals surface area contributed by atoms with Crippen molar-refractivity contribution in [3.05, 3.63) is 28.8 Å². The van der Waals surface area contributed by atoms with E-state index < -0.39 is 8.07 Å². The molecule has 0 aliphatic carbocycles. The summed E-state index contributed by atoms with van der Waals surface area (Å²) in [5, 5.41) is 3.89. The van der Waals surface area contributed by atoms with Gasteiger partial charge in [-0.2, -0.15) is 11.3 Å². The highest BCUT2D eigenvalue weighted by molar-refractivity contribution is 7.26. The molecule has 1 aromatic rings. The van der Waals surface area contributed by atoms with Crippen LogP contribution in [0.5, 0.6) is 0 Å². The minimum Gasteiger partial charge on any atom is -0.153 e. The van der Waals surface area contributed by atoms with Crippen LogP contribution in [-0.2, 0) is 0 Å². The third kappa shape index (κ3) is 2.37. The molecule has 0 saturated carbocycles. The second-order valence-corrected chi connectivity index (χ2v) is 9.83. The van der Waals surface area contributed by atoms with Gasteiger partial charge < -0.3 is 0 Å². The Balaban J connectivity index is 2.99. The molecule has 1 heterocycles. The molecule has 0 amide bonds. The predicted molar refractivity (Wildman–Crippen MR) is 70.1 cm³/mol. The van der Waals surface area contributed by atoms with E-state index in [1.165, 1.54) is 12.8 Å². The fraction of sp³-hybridized carbons (Fsp3) is 0.500. The predicted octanol–water partition coefficient (Wildman–Crippen LogP) is 3.95. The number of thiophene rings is 1. The Morgan fingerprint density at radius 3 is 2.57 bits per heavy atom. The van der Waals surface area contributed by atoms with E-state index in [0.29, 0.717) is 0 Å². The molecule has 0 spiro atoms. The van der Waals surface area contributed by atoms with E-state index in [0.717, 1.165) is 0 Å². The lowest BCUT2D eigenvalue weighted by atomic mass is 10.3. The Morgan fingerprint density at radius 2 is 2.14 bits per heavy atom. The van der Waals surface area contributed by atoms with Crippen molar-refractivity contribution in [2.75, 3.05) is 0 Å². The number of hydrogen-bond acceptors (Lipinski definition) is 1. The van der Waals surface area contributed by atoms with Crippen LogP contribution in [0.1, 0.15) is 26.7 Å². The van der Waals surface area contributed by atoms with E-state index in [4.69, 9.17) is 0 Å². The van der Waals surface area contributed by atoms with Gasteiger partial charge in [-0.15, -0.1) is 0 Å². The Hall–Kier alpha value is -0.343. The highest BCUT2D eigenvalue weighted by atomic mass is 32.1. The molecule has 0 aliphatic heterocycles. The van der Waals surface area contributed by atoms with E-state index >= 15 is 0 Å². The summed E-state index contributed by atoms with van der Waals surface area (Å²) in [5.41, 5.74) is 0. The van der Waals surface area contributed by atoms with Gasteiger partial charge in [-0.25, -0.2) is 0 Å². The van der Waals surface area contributed by atoms with Crippen molar-refractivity contribution in [2.24, 2.45) is 0 Å². The van der Waals surface area contributed by atoms with Crippen LogP contribution in [0.2, 0.25) is 13.1 Å². The van der Waals surface area contributed by atoms with Gasteiger partial charge in [0, 0.05) is 0 Å². The van der Waals surface area contributed by atoms with Crippen molar-refractivity contribution in [2.45, 2.75) is 39.8 Å². The molecule has 0 aliphatic rings. The quantitative estimate of drug-likeness (QED) is 0.679. The van der Waals surface area contributed by atoms with Crippen LogP contribution in [0.25, 0.3) is 0 Å². The molecule has 0 nitrogen and oxygen atoms in total. The van der Waals surface area contributed by atoms with Crippen molar-refractivity contribution < 1.29 is 0 Å². The highest BCUT2D eigenvalue weighted by Crippen LogP contribution is 2.20. The van der Waals surface area contributed by atoms with Gasteiger partial charge in [-0.1, -0.05) is 50.3 Å². The first-order chi connectivity index (χ1) is 6.62. The molecular formula is C12H20SSi. The lowest BCUT2D eigenvalue weighted by Crippen LogP contribution is -2.41. The highest BCUT2D eigenvalue weighted by Gasteiger charge is 2.27. The van der Waals surface area contributed by atoms with Gasteiger partial charge in [-0.3, -0.25) is 0 Å². The van der Waals surface area contributed by atoms with Gasteiger partial charge in [0.05, 0.1) is 0 Å². The van der Waals surface area contributed by atoms with Gasteiger partial charge in [0.1, 0.15) is 8.07 Å². The molecule has 1 rings (SSSR count). The number of hydrogen-bond donors (Lipinski definition) is 0. The Morgan fingerprint density at radius 1 is 1.43 bits per heavy atom. The first kappa shape index (κ1) is 11.7. The van der Waals surface area contributed by atoms with Crippen molar-refractivity contribution >= 4 is 23.9 Å². The molecule has 78 valence electrons. The second-order valence-electron chi connectivity index (χ2n) is 4.09. The smallest absolute Gasteiger partial charge is 0.119 e. The molecular weight excluding hydrogens is 204 g/mol. The molecule has 0 radical (unpaired) electrons. The topological polar surface area (TPSA) is 0 Å². The average molecular weight is 224 g/mol. The molecule has 0 N–H and O–H groups in total. The van der Waals surface area contributed by atoms with Crippen LogP contribution >= 0.6 is 11.3 Å². The standard InChI is InChI=1S/C12H20SSi/c1-5-8-11(6-2)14(3,4)12-9-7-10-13-12/h7-10H,5-6H2,1-4H3/b11-8+. The van der Waals surface area contributed by atoms with E-state index in [-0.39, 0.29) is 0 Å². The lowest BCUT2D eigenvalue weighted by Gasteiger charge is -2.24. The summed E-state index contributed by atoms with van der Waals surface area (Å²) in [5.74, 6) is 0. The zero-order valence-corrected chi connectivity index (χ0v) is 11.4. The fourth-order valence-electron chi connectivity index (χ4n) is 1.88. The van der Waals surface area contributed by atoms with Crippen LogP contribution in [-0.4, -0.2) is 8.07 Å². The zero-order chi connectivity index (χ0) is 10.6. The van der Waals surface area contributed by atoms with E-state index in [2.05, 4.69) is 50.5 Å². The number of rotatable bonds is 4. The van der Waals surface area contributed by atoms with E-state index in [1.54, 1.807) is 9.70 Å². The monoisotopic (exact) mass is 224 g/mol. The van der Waals surface area contributed by atoms with Crippen LogP contribution < -0.4 is 4.50 Å². The van der Waals surface area contributed by atoms with Gasteiger partial charge in [0.15, 0.2) is 0 Å². The molecule has 0 atom stereocenters. The van der Waals surface area contributed by atoms with Crippen LogP contribution in [0.3, 0.4) is 0 Å². The summed E-state index contributed by atoms with van der Waals surface area (Å²) in [6, 6.07) is 4.48. The van der Waals surface area contributed by atoms with E-state index in [9.17, 15) is 0 Å². The zero-order valence-electron chi connectivity index (χ0n) is 9.63. The fourth-order valence-corrected chi connectivity index (χ4v) is 6.54. The maximum absolute atomic E-state index is 2.46. The molecule has 0 saturated heterocycles. The summed E-state index contributed by atoms with van der Waals surface area (Å²) in [4.78, 5) is 0. The second kappa shape index (κ2) is 4.94. The van der Waals surface area contributed by atoms with E-state index in [1.807, 2.05) is 11.3 Å². The van der Waals surface area contributed by atoms with Crippen molar-refractivity contribution in [1.82, 2.24) is 0 Å². The first-order valence-electron chi connectivity index (χ1n) is 5.36. The molecule has 1 aromatic heterocycles. The van der Waals surface area contributed by atoms with Crippen molar-refractivity contribution in [3.8, 4) is 0 Å². The minimum atomic E-state index is -1.30. The molecule has 0 bridgehead atoms. The molecule has 0 fully saturated rings. The van der Waals surface area contributed by atoms with Gasteiger partial charge in [0.2, 0.25) is 0 Å². The van der Waals surface area contributed by atoms with Crippen molar-refractivity contribution in [3.63, 3.8) is 0 Å². The molecule has 0 aromatic carbocycles. The molecule has 14 heavy (non-hydrogen) atoms. The molecule has 0 unspecified atom stereocenters. The van der Waals surface area contributed by atoms with Gasteiger partial charge in [-0.05, 0) is 22.7 Å².